The topological polar surface area (TPSA) is 50.8 Å². The Hall–Kier alpha value is -0.650. The fourth-order valence-electron chi connectivity index (χ4n) is 2.48. The Morgan fingerprint density at radius 1 is 1.42 bits per heavy atom. The van der Waals surface area contributed by atoms with Crippen LogP contribution in [0.5, 0.6) is 0 Å². The lowest BCUT2D eigenvalue weighted by atomic mass is 10.1. The molecule has 0 radical (unpaired) electrons. The molecule has 1 heterocycles. The number of likely N-dealkylation sites (N-methyl/N-ethyl adjacent to an activating group) is 1. The summed E-state index contributed by atoms with van der Waals surface area (Å²) in [6.07, 6.45) is 2.88. The molecule has 0 aliphatic carbocycles. The van der Waals surface area contributed by atoms with Crippen LogP contribution >= 0.6 is 0 Å². The van der Waals surface area contributed by atoms with E-state index in [1.54, 1.807) is 7.11 Å². The van der Waals surface area contributed by atoms with Gasteiger partial charge >= 0.3 is 0 Å². The van der Waals surface area contributed by atoms with Gasteiger partial charge in [-0.2, -0.15) is 0 Å². The van der Waals surface area contributed by atoms with Crippen molar-refractivity contribution in [3.05, 3.63) is 0 Å². The molecule has 1 rings (SSSR count). The Morgan fingerprint density at radius 2 is 2.11 bits per heavy atom. The molecule has 1 aliphatic heterocycles. The quantitative estimate of drug-likeness (QED) is 0.717. The zero-order chi connectivity index (χ0) is 14.1. The van der Waals surface area contributed by atoms with Gasteiger partial charge in [0.1, 0.15) is 0 Å². The molecule has 112 valence electrons. The van der Waals surface area contributed by atoms with Crippen LogP contribution in [0.4, 0.5) is 0 Å². The van der Waals surface area contributed by atoms with Crippen molar-refractivity contribution in [1.29, 1.82) is 0 Å². The van der Waals surface area contributed by atoms with Crippen LogP contribution in [0.3, 0.4) is 0 Å². The van der Waals surface area contributed by atoms with E-state index in [1.165, 1.54) is 0 Å². The smallest absolute Gasteiger partial charge is 0.225 e. The first-order chi connectivity index (χ1) is 9.19. The Morgan fingerprint density at radius 3 is 2.68 bits per heavy atom. The highest BCUT2D eigenvalue weighted by molar-refractivity contribution is 5.76. The molecule has 0 aromatic rings. The Bertz CT molecular complexity index is 255. The first kappa shape index (κ1) is 16.4. The Labute approximate surface area is 116 Å². The fourth-order valence-corrected chi connectivity index (χ4v) is 2.48. The van der Waals surface area contributed by atoms with Crippen LogP contribution in [0.2, 0.25) is 0 Å². The highest BCUT2D eigenvalue weighted by atomic mass is 16.5. The van der Waals surface area contributed by atoms with E-state index in [4.69, 9.17) is 9.47 Å². The number of hydrogen-bond acceptors (Lipinski definition) is 4. The molecular formula is C14H28N2O3. The highest BCUT2D eigenvalue weighted by Crippen LogP contribution is 2.09. The predicted octanol–water partition coefficient (Wildman–Crippen LogP) is 1.03. The number of nitrogens with zero attached hydrogens (tertiary/aromatic N) is 1. The maximum atomic E-state index is 12.1. The van der Waals surface area contributed by atoms with Gasteiger partial charge in [0.15, 0.2) is 0 Å². The number of ether oxygens (including phenoxy) is 2. The van der Waals surface area contributed by atoms with Crippen LogP contribution < -0.4 is 5.32 Å². The first-order valence-corrected chi connectivity index (χ1v) is 7.29. The van der Waals surface area contributed by atoms with Gasteiger partial charge < -0.3 is 19.7 Å². The van der Waals surface area contributed by atoms with Crippen molar-refractivity contribution in [2.75, 3.05) is 40.0 Å². The van der Waals surface area contributed by atoms with Gasteiger partial charge in [0, 0.05) is 13.7 Å². The summed E-state index contributed by atoms with van der Waals surface area (Å²) in [5, 5.41) is 3.30. The van der Waals surface area contributed by atoms with E-state index in [0.29, 0.717) is 25.7 Å². The van der Waals surface area contributed by atoms with Crippen molar-refractivity contribution in [3.8, 4) is 0 Å². The zero-order valence-electron chi connectivity index (χ0n) is 12.5. The van der Waals surface area contributed by atoms with Gasteiger partial charge in [-0.15, -0.1) is 0 Å². The number of piperidine rings is 1. The lowest BCUT2D eigenvalue weighted by molar-refractivity contribution is -0.135. The molecule has 0 saturated carbocycles. The Balaban J connectivity index is 2.24. The summed E-state index contributed by atoms with van der Waals surface area (Å²) in [6, 6.07) is 0.126. The summed E-state index contributed by atoms with van der Waals surface area (Å²) < 4.78 is 10.9. The van der Waals surface area contributed by atoms with Crippen molar-refractivity contribution in [2.45, 2.75) is 45.3 Å². The van der Waals surface area contributed by atoms with E-state index in [-0.39, 0.29) is 11.9 Å². The molecule has 19 heavy (non-hydrogen) atoms. The third-order valence-electron chi connectivity index (χ3n) is 3.56. The lowest BCUT2D eigenvalue weighted by Gasteiger charge is -2.28. The highest BCUT2D eigenvalue weighted by Gasteiger charge is 2.19. The average molecular weight is 272 g/mol. The molecule has 1 amide bonds. The van der Waals surface area contributed by atoms with Crippen molar-refractivity contribution in [2.24, 2.45) is 0 Å². The number of carbonyl (C=O) groups excluding carboxylic acids is 1. The normalized spacial score (nSPS) is 18.3. The number of amides is 1. The van der Waals surface area contributed by atoms with Crippen LogP contribution in [0.15, 0.2) is 0 Å². The van der Waals surface area contributed by atoms with Crippen LogP contribution in [-0.2, 0) is 14.3 Å². The standard InChI is InChI=1S/C14H28N2O3/c1-4-16(12(2)11-18-3)14(17)7-10-19-13-5-8-15-9-6-13/h12-13,15H,4-11H2,1-3H3. The van der Waals surface area contributed by atoms with E-state index in [0.717, 1.165) is 32.5 Å². The van der Waals surface area contributed by atoms with Crippen molar-refractivity contribution in [3.63, 3.8) is 0 Å². The second kappa shape index (κ2) is 9.28. The van der Waals surface area contributed by atoms with Gasteiger partial charge in [-0.25, -0.2) is 0 Å². The van der Waals surface area contributed by atoms with Gasteiger partial charge in [0.25, 0.3) is 0 Å². The monoisotopic (exact) mass is 272 g/mol. The molecule has 1 unspecified atom stereocenters. The minimum absolute atomic E-state index is 0.126. The number of carbonyl (C=O) groups is 1. The van der Waals surface area contributed by atoms with Gasteiger partial charge in [0.05, 0.1) is 31.8 Å². The number of hydrogen-bond donors (Lipinski definition) is 1. The van der Waals surface area contributed by atoms with Crippen LogP contribution in [0.1, 0.15) is 33.1 Å². The molecule has 0 aromatic carbocycles. The fraction of sp³-hybridized carbons (Fsp3) is 0.929. The summed E-state index contributed by atoms with van der Waals surface area (Å²) in [5.41, 5.74) is 0. The number of nitrogens with one attached hydrogen (secondary N) is 1. The molecule has 1 saturated heterocycles. The molecule has 5 heteroatoms. The summed E-state index contributed by atoms with van der Waals surface area (Å²) >= 11 is 0. The molecule has 0 spiro atoms. The minimum Gasteiger partial charge on any atom is -0.383 e. The largest absolute Gasteiger partial charge is 0.383 e. The van der Waals surface area contributed by atoms with Gasteiger partial charge in [-0.05, 0) is 39.8 Å². The van der Waals surface area contributed by atoms with Crippen molar-refractivity contribution >= 4 is 5.91 Å². The van der Waals surface area contributed by atoms with E-state index >= 15 is 0 Å². The number of methoxy groups -OCH3 is 1. The van der Waals surface area contributed by atoms with E-state index < -0.39 is 0 Å². The maximum Gasteiger partial charge on any atom is 0.225 e. The second-order valence-electron chi connectivity index (χ2n) is 5.05. The first-order valence-electron chi connectivity index (χ1n) is 7.29. The summed E-state index contributed by atoms with van der Waals surface area (Å²) in [7, 11) is 1.66. The third-order valence-corrected chi connectivity index (χ3v) is 3.56. The average Bonchev–Trinajstić information content (AvgIpc) is 2.41. The predicted molar refractivity (Wildman–Crippen MR) is 75.2 cm³/mol. The minimum atomic E-state index is 0.126. The molecule has 1 atom stereocenters. The van der Waals surface area contributed by atoms with E-state index in [1.807, 2.05) is 18.7 Å². The second-order valence-corrected chi connectivity index (χ2v) is 5.05. The molecule has 1 fully saturated rings. The summed E-state index contributed by atoms with van der Waals surface area (Å²) in [4.78, 5) is 14.0. The maximum absolute atomic E-state index is 12.1. The summed E-state index contributed by atoms with van der Waals surface area (Å²) in [5.74, 6) is 0.154. The van der Waals surface area contributed by atoms with Crippen molar-refractivity contribution in [1.82, 2.24) is 10.2 Å². The van der Waals surface area contributed by atoms with Gasteiger partial charge in [-0.1, -0.05) is 0 Å². The zero-order valence-corrected chi connectivity index (χ0v) is 12.5. The third kappa shape index (κ3) is 5.89. The van der Waals surface area contributed by atoms with Crippen LogP contribution in [0.25, 0.3) is 0 Å². The Kier molecular flexibility index (Phi) is 8.02. The molecule has 1 aliphatic rings. The molecule has 1 N–H and O–H groups in total. The van der Waals surface area contributed by atoms with Crippen LogP contribution in [-0.4, -0.2) is 62.9 Å². The summed E-state index contributed by atoms with van der Waals surface area (Å²) in [6.45, 7) is 7.87. The number of rotatable bonds is 8. The van der Waals surface area contributed by atoms with E-state index in [2.05, 4.69) is 5.32 Å². The SMILES string of the molecule is CCN(C(=O)CCOC1CCNCC1)C(C)COC. The van der Waals surface area contributed by atoms with E-state index in [9.17, 15) is 4.79 Å². The lowest BCUT2D eigenvalue weighted by Crippen LogP contribution is -2.41. The van der Waals surface area contributed by atoms with Crippen LogP contribution in [0, 0.1) is 0 Å². The molecule has 0 bridgehead atoms. The molecular weight excluding hydrogens is 244 g/mol. The molecule has 5 nitrogen and oxygen atoms in total. The molecule has 0 aromatic heterocycles. The van der Waals surface area contributed by atoms with Crippen molar-refractivity contribution < 1.29 is 14.3 Å². The van der Waals surface area contributed by atoms with Gasteiger partial charge in [0.2, 0.25) is 5.91 Å². The van der Waals surface area contributed by atoms with Gasteiger partial charge in [-0.3, -0.25) is 4.79 Å².